The van der Waals surface area contributed by atoms with Crippen LogP contribution in [-0.2, 0) is 0 Å². The maximum Gasteiger partial charge on any atom is 0.337 e. The number of aromatic nitrogens is 1. The summed E-state index contributed by atoms with van der Waals surface area (Å²) in [6.07, 6.45) is 1.60. The fraction of sp³-hybridized carbons (Fsp3) is 0. The molecular formula is C13H9N3O2. The van der Waals surface area contributed by atoms with Crippen molar-refractivity contribution in [2.45, 2.75) is 0 Å². The molecule has 0 unspecified atom stereocenters. The fourth-order valence-electron chi connectivity index (χ4n) is 1.47. The molecule has 0 fully saturated rings. The summed E-state index contributed by atoms with van der Waals surface area (Å²) in [7, 11) is 0. The Bertz CT molecular complexity index is 618. The van der Waals surface area contributed by atoms with Crippen LogP contribution in [0.1, 0.15) is 15.9 Å². The van der Waals surface area contributed by atoms with Crippen molar-refractivity contribution in [2.75, 3.05) is 5.32 Å². The van der Waals surface area contributed by atoms with Crippen molar-refractivity contribution in [1.29, 1.82) is 5.26 Å². The monoisotopic (exact) mass is 239 g/mol. The minimum atomic E-state index is -1.09. The molecule has 1 heterocycles. The molecule has 0 aliphatic carbocycles. The molecule has 0 atom stereocenters. The predicted molar refractivity (Wildman–Crippen MR) is 65.6 cm³/mol. The molecule has 88 valence electrons. The quantitative estimate of drug-likeness (QED) is 0.858. The Morgan fingerprint density at radius 2 is 2.17 bits per heavy atom. The highest BCUT2D eigenvalue weighted by Crippen LogP contribution is 2.21. The maximum atomic E-state index is 11.1. The molecule has 0 saturated heterocycles. The average molecular weight is 239 g/mol. The van der Waals surface area contributed by atoms with Crippen LogP contribution < -0.4 is 5.32 Å². The number of hydrogen-bond acceptors (Lipinski definition) is 4. The number of nitrogens with zero attached hydrogens (tertiary/aromatic N) is 2. The topological polar surface area (TPSA) is 86.0 Å². The molecule has 18 heavy (non-hydrogen) atoms. The van der Waals surface area contributed by atoms with Gasteiger partial charge in [0.15, 0.2) is 0 Å². The Morgan fingerprint density at radius 1 is 1.33 bits per heavy atom. The number of rotatable bonds is 3. The highest BCUT2D eigenvalue weighted by atomic mass is 16.4. The van der Waals surface area contributed by atoms with Crippen molar-refractivity contribution in [2.24, 2.45) is 0 Å². The van der Waals surface area contributed by atoms with Crippen LogP contribution in [0.25, 0.3) is 0 Å². The summed E-state index contributed by atoms with van der Waals surface area (Å²) in [5, 5.41) is 20.7. The Morgan fingerprint density at radius 3 is 2.78 bits per heavy atom. The van der Waals surface area contributed by atoms with Gasteiger partial charge >= 0.3 is 5.97 Å². The van der Waals surface area contributed by atoms with Gasteiger partial charge in [-0.2, -0.15) is 5.26 Å². The van der Waals surface area contributed by atoms with E-state index in [1.54, 1.807) is 36.5 Å². The number of benzene rings is 1. The van der Waals surface area contributed by atoms with Crippen molar-refractivity contribution in [3.63, 3.8) is 0 Å². The predicted octanol–water partition coefficient (Wildman–Crippen LogP) is 2.40. The van der Waals surface area contributed by atoms with E-state index in [0.717, 1.165) is 0 Å². The third kappa shape index (κ3) is 2.44. The van der Waals surface area contributed by atoms with E-state index in [-0.39, 0.29) is 5.56 Å². The molecular weight excluding hydrogens is 230 g/mol. The van der Waals surface area contributed by atoms with Gasteiger partial charge in [-0.15, -0.1) is 0 Å². The number of nitriles is 1. The van der Waals surface area contributed by atoms with Crippen molar-refractivity contribution in [3.8, 4) is 6.07 Å². The Balaban J connectivity index is 2.39. The first kappa shape index (κ1) is 11.6. The van der Waals surface area contributed by atoms with Crippen molar-refractivity contribution < 1.29 is 9.90 Å². The third-order valence-corrected chi connectivity index (χ3v) is 2.31. The van der Waals surface area contributed by atoms with E-state index in [4.69, 9.17) is 10.4 Å². The van der Waals surface area contributed by atoms with Crippen molar-refractivity contribution >= 4 is 17.5 Å². The van der Waals surface area contributed by atoms with Crippen LogP contribution in [0.3, 0.4) is 0 Å². The summed E-state index contributed by atoms with van der Waals surface area (Å²) in [5.74, 6) is -0.546. The normalized spacial score (nSPS) is 9.50. The van der Waals surface area contributed by atoms with Crippen LogP contribution in [0.4, 0.5) is 11.5 Å². The summed E-state index contributed by atoms with van der Waals surface area (Å²) in [6.45, 7) is 0. The summed E-state index contributed by atoms with van der Waals surface area (Å²) in [5.41, 5.74) is 0.749. The molecule has 5 nitrogen and oxygen atoms in total. The fourth-order valence-corrected chi connectivity index (χ4v) is 1.47. The van der Waals surface area contributed by atoms with Crippen LogP contribution in [0.5, 0.6) is 0 Å². The number of aromatic carboxylic acids is 1. The molecule has 2 rings (SSSR count). The van der Waals surface area contributed by atoms with Crippen LogP contribution >= 0.6 is 0 Å². The Kier molecular flexibility index (Phi) is 3.21. The summed E-state index contributed by atoms with van der Waals surface area (Å²) in [6, 6.07) is 11.6. The van der Waals surface area contributed by atoms with Gasteiger partial charge in [0, 0.05) is 6.20 Å². The molecule has 2 N–H and O–H groups in total. The van der Waals surface area contributed by atoms with E-state index >= 15 is 0 Å². The lowest BCUT2D eigenvalue weighted by Gasteiger charge is -2.08. The van der Waals surface area contributed by atoms with Gasteiger partial charge in [0.1, 0.15) is 5.82 Å². The average Bonchev–Trinajstić information content (AvgIpc) is 2.40. The highest BCUT2D eigenvalue weighted by molar-refractivity contribution is 5.95. The molecule has 0 bridgehead atoms. The summed E-state index contributed by atoms with van der Waals surface area (Å²) < 4.78 is 0. The second-order valence-corrected chi connectivity index (χ2v) is 3.52. The number of carboxylic acids is 1. The SMILES string of the molecule is N#Cc1ccc(Nc2ccccn2)c(C(=O)O)c1. The molecule has 0 aliphatic rings. The van der Waals surface area contributed by atoms with Gasteiger partial charge in [-0.1, -0.05) is 6.07 Å². The van der Waals surface area contributed by atoms with E-state index in [0.29, 0.717) is 17.1 Å². The molecule has 2 aromatic rings. The smallest absolute Gasteiger partial charge is 0.337 e. The van der Waals surface area contributed by atoms with E-state index < -0.39 is 5.97 Å². The number of carboxylic acid groups (broad SMARTS) is 1. The lowest BCUT2D eigenvalue weighted by molar-refractivity contribution is 0.0698. The van der Waals surface area contributed by atoms with Crippen LogP contribution in [0.2, 0.25) is 0 Å². The number of nitrogens with one attached hydrogen (secondary N) is 1. The number of anilines is 2. The standard InChI is InChI=1S/C13H9N3O2/c14-8-9-4-5-11(10(7-9)13(17)18)16-12-3-1-2-6-15-12/h1-7H,(H,15,16)(H,17,18). The van der Waals surface area contributed by atoms with Gasteiger partial charge < -0.3 is 10.4 Å². The highest BCUT2D eigenvalue weighted by Gasteiger charge is 2.11. The van der Waals surface area contributed by atoms with Gasteiger partial charge in [0.05, 0.1) is 22.9 Å². The van der Waals surface area contributed by atoms with Gasteiger partial charge in [0.25, 0.3) is 0 Å². The lowest BCUT2D eigenvalue weighted by atomic mass is 10.1. The molecule has 1 aromatic heterocycles. The summed E-state index contributed by atoms with van der Waals surface area (Å²) >= 11 is 0. The number of carbonyl (C=O) groups is 1. The second kappa shape index (κ2) is 4.97. The first-order valence-electron chi connectivity index (χ1n) is 5.16. The lowest BCUT2D eigenvalue weighted by Crippen LogP contribution is -2.04. The van der Waals surface area contributed by atoms with E-state index in [2.05, 4.69) is 10.3 Å². The third-order valence-electron chi connectivity index (χ3n) is 2.31. The first-order valence-corrected chi connectivity index (χ1v) is 5.16. The first-order chi connectivity index (χ1) is 8.70. The molecule has 0 amide bonds. The van der Waals surface area contributed by atoms with Crippen molar-refractivity contribution in [3.05, 3.63) is 53.7 Å². The number of hydrogen-bond donors (Lipinski definition) is 2. The van der Waals surface area contributed by atoms with Gasteiger partial charge in [-0.05, 0) is 30.3 Å². The Labute approximate surface area is 103 Å². The molecule has 0 saturated carbocycles. The second-order valence-electron chi connectivity index (χ2n) is 3.52. The van der Waals surface area contributed by atoms with E-state index in [1.165, 1.54) is 6.07 Å². The van der Waals surface area contributed by atoms with Gasteiger partial charge in [0.2, 0.25) is 0 Å². The molecule has 0 aliphatic heterocycles. The zero-order valence-corrected chi connectivity index (χ0v) is 9.29. The van der Waals surface area contributed by atoms with Gasteiger partial charge in [-0.3, -0.25) is 0 Å². The van der Waals surface area contributed by atoms with E-state index in [9.17, 15) is 4.79 Å². The molecule has 1 aromatic carbocycles. The van der Waals surface area contributed by atoms with Crippen molar-refractivity contribution in [1.82, 2.24) is 4.98 Å². The molecule has 5 heteroatoms. The minimum absolute atomic E-state index is 0.0414. The molecule has 0 radical (unpaired) electrons. The largest absolute Gasteiger partial charge is 0.478 e. The summed E-state index contributed by atoms with van der Waals surface area (Å²) in [4.78, 5) is 15.2. The van der Waals surface area contributed by atoms with E-state index in [1.807, 2.05) is 6.07 Å². The van der Waals surface area contributed by atoms with Crippen LogP contribution in [0, 0.1) is 11.3 Å². The van der Waals surface area contributed by atoms with Gasteiger partial charge in [-0.25, -0.2) is 9.78 Å². The Hall–Kier alpha value is -2.87. The minimum Gasteiger partial charge on any atom is -0.478 e. The molecule has 0 spiro atoms. The maximum absolute atomic E-state index is 11.1. The zero-order chi connectivity index (χ0) is 13.0. The zero-order valence-electron chi connectivity index (χ0n) is 9.29. The van der Waals surface area contributed by atoms with Crippen LogP contribution in [0.15, 0.2) is 42.6 Å². The number of pyridine rings is 1. The van der Waals surface area contributed by atoms with Crippen LogP contribution in [-0.4, -0.2) is 16.1 Å².